The maximum atomic E-state index is 11.6. The van der Waals surface area contributed by atoms with Crippen LogP contribution in [0.25, 0.3) is 0 Å². The molecule has 1 aliphatic heterocycles. The summed E-state index contributed by atoms with van der Waals surface area (Å²) in [7, 11) is 0. The minimum absolute atomic E-state index is 0.127. The van der Waals surface area contributed by atoms with Gasteiger partial charge in [0.15, 0.2) is 0 Å². The Bertz CT molecular complexity index is 312. The molecule has 1 heterocycles. The van der Waals surface area contributed by atoms with Crippen molar-refractivity contribution in [3.8, 4) is 0 Å². The van der Waals surface area contributed by atoms with Gasteiger partial charge in [0.1, 0.15) is 12.9 Å². The number of ether oxygens (including phenoxy) is 1. The van der Waals surface area contributed by atoms with E-state index in [9.17, 15) is 14.4 Å². The Morgan fingerprint density at radius 3 is 2.94 bits per heavy atom. The zero-order valence-corrected chi connectivity index (χ0v) is 9.76. The lowest BCUT2D eigenvalue weighted by molar-refractivity contribution is -0.140. The molecule has 1 amide bonds. The SMILES string of the molecule is O=C/C=C\C(=O)OCCN1CCCCCC1=O. The van der Waals surface area contributed by atoms with Crippen molar-refractivity contribution in [1.29, 1.82) is 0 Å². The molecule has 5 heteroatoms. The van der Waals surface area contributed by atoms with Crippen LogP contribution in [-0.4, -0.2) is 42.8 Å². The van der Waals surface area contributed by atoms with E-state index in [1.165, 1.54) is 0 Å². The molecule has 5 nitrogen and oxygen atoms in total. The number of hydrogen-bond donors (Lipinski definition) is 0. The summed E-state index contributed by atoms with van der Waals surface area (Å²) < 4.78 is 4.86. The lowest BCUT2D eigenvalue weighted by atomic mass is 10.2. The molecule has 0 radical (unpaired) electrons. The Kier molecular flexibility index (Phi) is 5.99. The van der Waals surface area contributed by atoms with Crippen molar-refractivity contribution >= 4 is 18.2 Å². The van der Waals surface area contributed by atoms with E-state index < -0.39 is 5.97 Å². The molecule has 17 heavy (non-hydrogen) atoms. The molecule has 1 rings (SSSR count). The molecule has 0 spiro atoms. The summed E-state index contributed by atoms with van der Waals surface area (Å²) >= 11 is 0. The minimum Gasteiger partial charge on any atom is -0.461 e. The molecular formula is C12H17NO4. The van der Waals surface area contributed by atoms with Crippen LogP contribution in [0.3, 0.4) is 0 Å². The molecule has 1 fully saturated rings. The third-order valence-electron chi connectivity index (χ3n) is 2.59. The number of carbonyl (C=O) groups is 3. The first-order chi connectivity index (χ1) is 8.24. The van der Waals surface area contributed by atoms with Gasteiger partial charge < -0.3 is 9.64 Å². The summed E-state index contributed by atoms with van der Waals surface area (Å²) in [5.74, 6) is -0.429. The van der Waals surface area contributed by atoms with E-state index in [4.69, 9.17) is 4.74 Å². The molecule has 0 aromatic carbocycles. The van der Waals surface area contributed by atoms with Gasteiger partial charge >= 0.3 is 5.97 Å². The number of esters is 1. The zero-order chi connectivity index (χ0) is 12.5. The summed E-state index contributed by atoms with van der Waals surface area (Å²) in [6.07, 6.45) is 6.27. The number of carbonyl (C=O) groups excluding carboxylic acids is 3. The minimum atomic E-state index is -0.556. The lowest BCUT2D eigenvalue weighted by Crippen LogP contribution is -2.33. The van der Waals surface area contributed by atoms with Gasteiger partial charge in [-0.25, -0.2) is 4.79 Å². The molecule has 0 saturated carbocycles. The van der Waals surface area contributed by atoms with Crippen molar-refractivity contribution in [2.24, 2.45) is 0 Å². The molecular weight excluding hydrogens is 222 g/mol. The highest BCUT2D eigenvalue weighted by molar-refractivity contribution is 5.86. The molecule has 1 saturated heterocycles. The second-order valence-corrected chi connectivity index (χ2v) is 3.85. The fraction of sp³-hybridized carbons (Fsp3) is 0.583. The van der Waals surface area contributed by atoms with Gasteiger partial charge in [0.2, 0.25) is 5.91 Å². The van der Waals surface area contributed by atoms with Crippen molar-refractivity contribution in [2.45, 2.75) is 25.7 Å². The summed E-state index contributed by atoms with van der Waals surface area (Å²) in [6, 6.07) is 0. The highest BCUT2D eigenvalue weighted by Crippen LogP contribution is 2.10. The van der Waals surface area contributed by atoms with Crippen LogP contribution in [-0.2, 0) is 19.1 Å². The van der Waals surface area contributed by atoms with E-state index in [1.807, 2.05) is 0 Å². The Morgan fingerprint density at radius 2 is 2.18 bits per heavy atom. The van der Waals surface area contributed by atoms with Crippen LogP contribution in [0.2, 0.25) is 0 Å². The van der Waals surface area contributed by atoms with E-state index in [-0.39, 0.29) is 12.5 Å². The first-order valence-electron chi connectivity index (χ1n) is 5.80. The van der Waals surface area contributed by atoms with E-state index in [2.05, 4.69) is 0 Å². The average Bonchev–Trinajstić information content (AvgIpc) is 2.52. The largest absolute Gasteiger partial charge is 0.461 e. The van der Waals surface area contributed by atoms with Crippen molar-refractivity contribution in [3.63, 3.8) is 0 Å². The van der Waals surface area contributed by atoms with Gasteiger partial charge in [-0.1, -0.05) is 6.42 Å². The van der Waals surface area contributed by atoms with Crippen LogP contribution >= 0.6 is 0 Å². The van der Waals surface area contributed by atoms with Gasteiger partial charge in [0, 0.05) is 19.0 Å². The van der Waals surface area contributed by atoms with Crippen molar-refractivity contribution in [1.82, 2.24) is 4.90 Å². The number of nitrogens with zero attached hydrogens (tertiary/aromatic N) is 1. The summed E-state index contributed by atoms with van der Waals surface area (Å²) in [5, 5.41) is 0. The maximum Gasteiger partial charge on any atom is 0.330 e. The average molecular weight is 239 g/mol. The van der Waals surface area contributed by atoms with Crippen LogP contribution in [0.1, 0.15) is 25.7 Å². The molecule has 0 unspecified atom stereocenters. The number of allylic oxidation sites excluding steroid dienone is 1. The molecule has 0 aliphatic carbocycles. The fourth-order valence-electron chi connectivity index (χ4n) is 1.70. The summed E-state index contributed by atoms with van der Waals surface area (Å²) in [5.41, 5.74) is 0. The van der Waals surface area contributed by atoms with Gasteiger partial charge in [-0.2, -0.15) is 0 Å². The first kappa shape index (κ1) is 13.4. The monoisotopic (exact) mass is 239 g/mol. The van der Waals surface area contributed by atoms with Crippen LogP contribution < -0.4 is 0 Å². The predicted octanol–water partition coefficient (Wildman–Crippen LogP) is 0.687. The van der Waals surface area contributed by atoms with Crippen LogP contribution in [0, 0.1) is 0 Å². The highest BCUT2D eigenvalue weighted by atomic mass is 16.5. The van der Waals surface area contributed by atoms with E-state index >= 15 is 0 Å². The smallest absolute Gasteiger partial charge is 0.330 e. The van der Waals surface area contributed by atoms with E-state index in [0.717, 1.165) is 38.0 Å². The molecule has 0 bridgehead atoms. The molecule has 94 valence electrons. The zero-order valence-electron chi connectivity index (χ0n) is 9.76. The molecule has 1 aliphatic rings. The van der Waals surface area contributed by atoms with Gasteiger partial charge in [0.25, 0.3) is 0 Å². The van der Waals surface area contributed by atoms with Crippen molar-refractivity contribution in [2.75, 3.05) is 19.7 Å². The molecule has 0 atom stereocenters. The fourth-order valence-corrected chi connectivity index (χ4v) is 1.70. The summed E-state index contributed by atoms with van der Waals surface area (Å²) in [4.78, 5) is 34.3. The quantitative estimate of drug-likeness (QED) is 0.402. The van der Waals surface area contributed by atoms with Crippen LogP contribution in [0.15, 0.2) is 12.2 Å². The third-order valence-corrected chi connectivity index (χ3v) is 2.59. The van der Waals surface area contributed by atoms with Crippen LogP contribution in [0.5, 0.6) is 0 Å². The normalized spacial score (nSPS) is 16.9. The molecule has 0 aromatic rings. The Morgan fingerprint density at radius 1 is 1.35 bits per heavy atom. The topological polar surface area (TPSA) is 63.7 Å². The van der Waals surface area contributed by atoms with Gasteiger partial charge in [-0.15, -0.1) is 0 Å². The van der Waals surface area contributed by atoms with E-state index in [0.29, 0.717) is 19.3 Å². The number of amides is 1. The second-order valence-electron chi connectivity index (χ2n) is 3.85. The number of rotatable bonds is 5. The number of hydrogen-bond acceptors (Lipinski definition) is 4. The Hall–Kier alpha value is -1.65. The predicted molar refractivity (Wildman–Crippen MR) is 61.2 cm³/mol. The van der Waals surface area contributed by atoms with Crippen LogP contribution in [0.4, 0.5) is 0 Å². The number of likely N-dealkylation sites (tertiary alicyclic amines) is 1. The van der Waals surface area contributed by atoms with E-state index in [1.54, 1.807) is 4.90 Å². The second kappa shape index (κ2) is 7.60. The summed E-state index contributed by atoms with van der Waals surface area (Å²) in [6.45, 7) is 1.34. The lowest BCUT2D eigenvalue weighted by Gasteiger charge is -2.19. The third kappa shape index (κ3) is 5.29. The van der Waals surface area contributed by atoms with Crippen molar-refractivity contribution < 1.29 is 19.1 Å². The maximum absolute atomic E-state index is 11.6. The van der Waals surface area contributed by atoms with Crippen molar-refractivity contribution in [3.05, 3.63) is 12.2 Å². The standard InChI is InChI=1S/C12H17NO4/c14-9-4-6-12(16)17-10-8-13-7-3-1-2-5-11(13)15/h4,6,9H,1-3,5,7-8,10H2/b6-4-. The van der Waals surface area contributed by atoms with Gasteiger partial charge in [-0.3, -0.25) is 9.59 Å². The van der Waals surface area contributed by atoms with Gasteiger partial charge in [0.05, 0.1) is 6.54 Å². The highest BCUT2D eigenvalue weighted by Gasteiger charge is 2.16. The first-order valence-corrected chi connectivity index (χ1v) is 5.80. The Labute approximate surface area is 100 Å². The molecule has 0 N–H and O–H groups in total. The molecule has 0 aromatic heterocycles. The van der Waals surface area contributed by atoms with Gasteiger partial charge in [-0.05, 0) is 18.9 Å². The number of aldehydes is 1. The Balaban J connectivity index is 2.24.